The van der Waals surface area contributed by atoms with Crippen molar-refractivity contribution in [1.29, 1.82) is 0 Å². The summed E-state index contributed by atoms with van der Waals surface area (Å²) in [6.07, 6.45) is 2.93. The van der Waals surface area contributed by atoms with Crippen molar-refractivity contribution in [3.05, 3.63) is 24.3 Å². The maximum atomic E-state index is 12.4. The molecule has 0 spiro atoms. The van der Waals surface area contributed by atoms with E-state index < -0.39 is 0 Å². The summed E-state index contributed by atoms with van der Waals surface area (Å²) in [5, 5.41) is 3.05. The summed E-state index contributed by atoms with van der Waals surface area (Å²) < 4.78 is 16.6. The molecule has 2 heterocycles. The van der Waals surface area contributed by atoms with Crippen molar-refractivity contribution >= 4 is 11.8 Å². The molecule has 0 saturated carbocycles. The molecule has 2 amide bonds. The van der Waals surface area contributed by atoms with Gasteiger partial charge in [-0.1, -0.05) is 12.1 Å². The van der Waals surface area contributed by atoms with Crippen LogP contribution in [0.4, 0.5) is 0 Å². The lowest BCUT2D eigenvalue weighted by Crippen LogP contribution is -2.49. The third kappa shape index (κ3) is 5.35. The number of carbonyl (C=O) groups is 2. The Hall–Kier alpha value is -2.28. The van der Waals surface area contributed by atoms with E-state index in [-0.39, 0.29) is 30.6 Å². The van der Waals surface area contributed by atoms with Crippen LogP contribution < -0.4 is 14.8 Å². The number of hydrogen-bond donors (Lipinski definition) is 1. The van der Waals surface area contributed by atoms with Crippen molar-refractivity contribution in [3.63, 3.8) is 0 Å². The quantitative estimate of drug-likeness (QED) is 0.785. The number of amides is 2. The van der Waals surface area contributed by atoms with Crippen molar-refractivity contribution in [2.24, 2.45) is 0 Å². The smallest absolute Gasteiger partial charge is 0.260 e. The molecule has 27 heavy (non-hydrogen) atoms. The average Bonchev–Trinajstić information content (AvgIpc) is 3.23. The van der Waals surface area contributed by atoms with Crippen LogP contribution >= 0.6 is 0 Å². The first-order chi connectivity index (χ1) is 13.2. The minimum Gasteiger partial charge on any atom is -0.490 e. The zero-order valence-electron chi connectivity index (χ0n) is 15.8. The lowest BCUT2D eigenvalue weighted by atomic mass is 10.0. The second kappa shape index (κ2) is 9.60. The Kier molecular flexibility index (Phi) is 6.92. The maximum Gasteiger partial charge on any atom is 0.260 e. The van der Waals surface area contributed by atoms with Gasteiger partial charge in [-0.15, -0.1) is 0 Å². The van der Waals surface area contributed by atoms with Crippen LogP contribution in [0, 0.1) is 0 Å². The summed E-state index contributed by atoms with van der Waals surface area (Å²) in [6, 6.07) is 7.45. The van der Waals surface area contributed by atoms with Gasteiger partial charge in [0.15, 0.2) is 18.1 Å². The summed E-state index contributed by atoms with van der Waals surface area (Å²) >= 11 is 0. The van der Waals surface area contributed by atoms with E-state index in [1.54, 1.807) is 11.0 Å². The number of nitrogens with one attached hydrogen (secondary N) is 1. The molecule has 7 heteroatoms. The maximum absolute atomic E-state index is 12.4. The van der Waals surface area contributed by atoms with Gasteiger partial charge in [0.1, 0.15) is 6.10 Å². The molecule has 0 bridgehead atoms. The summed E-state index contributed by atoms with van der Waals surface area (Å²) in [7, 11) is 0. The number of nitrogens with zero attached hydrogens (tertiary/aromatic N) is 1. The minimum atomic E-state index is -0.302. The Morgan fingerprint density at radius 1 is 1.15 bits per heavy atom. The van der Waals surface area contributed by atoms with Crippen LogP contribution in [0.1, 0.15) is 32.6 Å². The molecule has 2 fully saturated rings. The van der Waals surface area contributed by atoms with Gasteiger partial charge in [0.2, 0.25) is 5.91 Å². The largest absolute Gasteiger partial charge is 0.490 e. The van der Waals surface area contributed by atoms with Crippen LogP contribution in [0.15, 0.2) is 24.3 Å². The summed E-state index contributed by atoms with van der Waals surface area (Å²) in [6.45, 7) is 4.33. The molecular weight excluding hydrogens is 348 g/mol. The molecule has 1 unspecified atom stereocenters. The van der Waals surface area contributed by atoms with Crippen molar-refractivity contribution in [2.75, 3.05) is 32.9 Å². The number of para-hydroxylation sites is 2. The molecule has 3 rings (SSSR count). The van der Waals surface area contributed by atoms with E-state index in [9.17, 15) is 9.59 Å². The van der Waals surface area contributed by atoms with Crippen molar-refractivity contribution < 1.29 is 23.8 Å². The highest BCUT2D eigenvalue weighted by molar-refractivity contribution is 5.81. The predicted octanol–water partition coefficient (Wildman–Crippen LogP) is 1.75. The Labute approximate surface area is 160 Å². The van der Waals surface area contributed by atoms with Gasteiger partial charge in [-0.25, -0.2) is 0 Å². The molecule has 2 aliphatic rings. The number of ether oxygens (including phenoxy) is 3. The highest BCUT2D eigenvalue weighted by atomic mass is 16.5. The molecule has 148 valence electrons. The second-order valence-corrected chi connectivity index (χ2v) is 6.83. The molecule has 0 aliphatic carbocycles. The van der Waals surface area contributed by atoms with E-state index in [2.05, 4.69) is 5.32 Å². The molecule has 7 nitrogen and oxygen atoms in total. The summed E-state index contributed by atoms with van der Waals surface area (Å²) in [5.41, 5.74) is 0. The van der Waals surface area contributed by atoms with Gasteiger partial charge < -0.3 is 24.4 Å². The summed E-state index contributed by atoms with van der Waals surface area (Å²) in [4.78, 5) is 26.3. The van der Waals surface area contributed by atoms with Gasteiger partial charge in [0.25, 0.3) is 5.91 Å². The van der Waals surface area contributed by atoms with E-state index in [1.165, 1.54) is 0 Å². The Bertz CT molecular complexity index is 637. The molecule has 1 atom stereocenters. The fourth-order valence-electron chi connectivity index (χ4n) is 3.43. The van der Waals surface area contributed by atoms with Gasteiger partial charge in [0, 0.05) is 25.7 Å². The average molecular weight is 376 g/mol. The lowest BCUT2D eigenvalue weighted by molar-refractivity contribution is -0.135. The van der Waals surface area contributed by atoms with Crippen molar-refractivity contribution in [1.82, 2.24) is 10.2 Å². The van der Waals surface area contributed by atoms with E-state index in [1.807, 2.05) is 25.1 Å². The zero-order chi connectivity index (χ0) is 19.1. The van der Waals surface area contributed by atoms with Crippen LogP contribution in [0.3, 0.4) is 0 Å². The number of rotatable bonds is 7. The number of carbonyl (C=O) groups excluding carboxylic acids is 2. The summed E-state index contributed by atoms with van der Waals surface area (Å²) in [5.74, 6) is 1.15. The number of benzene rings is 1. The normalized spacial score (nSPS) is 20.3. The molecule has 1 aromatic carbocycles. The van der Waals surface area contributed by atoms with Crippen molar-refractivity contribution in [2.45, 2.75) is 44.8 Å². The second-order valence-electron chi connectivity index (χ2n) is 6.83. The van der Waals surface area contributed by atoms with Gasteiger partial charge in [0.05, 0.1) is 6.61 Å². The molecule has 0 radical (unpaired) electrons. The van der Waals surface area contributed by atoms with Crippen LogP contribution in [-0.2, 0) is 14.3 Å². The Balaban J connectivity index is 1.41. The number of likely N-dealkylation sites (tertiary alicyclic amines) is 1. The molecule has 2 aliphatic heterocycles. The number of piperidine rings is 1. The topological polar surface area (TPSA) is 77.1 Å². The molecule has 0 aromatic heterocycles. The molecular formula is C20H28N2O5. The Morgan fingerprint density at radius 3 is 2.48 bits per heavy atom. The Morgan fingerprint density at radius 2 is 1.85 bits per heavy atom. The van der Waals surface area contributed by atoms with E-state index in [4.69, 9.17) is 14.2 Å². The van der Waals surface area contributed by atoms with E-state index in [0.717, 1.165) is 25.7 Å². The first kappa shape index (κ1) is 19.5. The first-order valence-corrected chi connectivity index (χ1v) is 9.71. The van der Waals surface area contributed by atoms with Gasteiger partial charge >= 0.3 is 0 Å². The predicted molar refractivity (Wildman–Crippen MR) is 99.8 cm³/mol. The van der Waals surface area contributed by atoms with Crippen LogP contribution in [0.2, 0.25) is 0 Å². The van der Waals surface area contributed by atoms with Crippen LogP contribution in [0.5, 0.6) is 11.5 Å². The molecule has 1 aromatic rings. The van der Waals surface area contributed by atoms with Gasteiger partial charge in [-0.2, -0.15) is 0 Å². The van der Waals surface area contributed by atoms with E-state index >= 15 is 0 Å². The standard InChI is InChI=1S/C20H28N2O5/c1-2-25-16-6-3-4-7-17(16)27-14-19(23)22-11-9-15(10-12-22)21-20(24)18-8-5-13-26-18/h3-4,6-7,15,18H,2,5,8-14H2,1H3,(H,21,24). The highest BCUT2D eigenvalue weighted by Gasteiger charge is 2.28. The third-order valence-electron chi connectivity index (χ3n) is 4.92. The lowest BCUT2D eigenvalue weighted by Gasteiger charge is -2.32. The van der Waals surface area contributed by atoms with Gasteiger partial charge in [-0.05, 0) is 44.7 Å². The van der Waals surface area contributed by atoms with Crippen molar-refractivity contribution in [3.8, 4) is 11.5 Å². The SMILES string of the molecule is CCOc1ccccc1OCC(=O)N1CCC(NC(=O)C2CCCO2)CC1. The number of hydrogen-bond acceptors (Lipinski definition) is 5. The molecule has 1 N–H and O–H groups in total. The zero-order valence-corrected chi connectivity index (χ0v) is 15.8. The van der Waals surface area contributed by atoms with E-state index in [0.29, 0.717) is 37.8 Å². The highest BCUT2D eigenvalue weighted by Crippen LogP contribution is 2.26. The van der Waals surface area contributed by atoms with Gasteiger partial charge in [-0.3, -0.25) is 9.59 Å². The van der Waals surface area contributed by atoms with Crippen LogP contribution in [-0.4, -0.2) is 61.8 Å². The van der Waals surface area contributed by atoms with Crippen LogP contribution in [0.25, 0.3) is 0 Å². The fraction of sp³-hybridized carbons (Fsp3) is 0.600. The minimum absolute atomic E-state index is 0.0168. The molecule has 2 saturated heterocycles. The monoisotopic (exact) mass is 376 g/mol. The fourth-order valence-corrected chi connectivity index (χ4v) is 3.43. The third-order valence-corrected chi connectivity index (χ3v) is 4.92. The first-order valence-electron chi connectivity index (χ1n) is 9.71.